The van der Waals surface area contributed by atoms with Crippen molar-refractivity contribution in [2.75, 3.05) is 37.6 Å². The van der Waals surface area contributed by atoms with Crippen LogP contribution >= 0.6 is 0 Å². The lowest BCUT2D eigenvalue weighted by Gasteiger charge is -2.36. The summed E-state index contributed by atoms with van der Waals surface area (Å²) < 4.78 is 36.8. The largest absolute Gasteiger partial charge is 0.401 e. The van der Waals surface area contributed by atoms with E-state index in [1.807, 2.05) is 4.90 Å². The van der Waals surface area contributed by atoms with Crippen molar-refractivity contribution in [1.82, 2.24) is 9.88 Å². The van der Waals surface area contributed by atoms with Crippen LogP contribution in [0.3, 0.4) is 0 Å². The first-order valence-corrected chi connectivity index (χ1v) is 5.94. The minimum atomic E-state index is -4.17. The summed E-state index contributed by atoms with van der Waals surface area (Å²) in [7, 11) is 0. The molecule has 1 saturated heterocycles. The molecule has 1 aromatic rings. The highest BCUT2D eigenvalue weighted by Gasteiger charge is 2.32. The highest BCUT2D eigenvalue weighted by Crippen LogP contribution is 2.20. The lowest BCUT2D eigenvalue weighted by Crippen LogP contribution is -2.49. The molecule has 0 unspecified atom stereocenters. The molecule has 0 aliphatic carbocycles. The number of anilines is 1. The average molecular weight is 273 g/mol. The molecule has 1 aliphatic rings. The second-order valence-corrected chi connectivity index (χ2v) is 4.41. The van der Waals surface area contributed by atoms with Gasteiger partial charge in [0.1, 0.15) is 5.82 Å². The highest BCUT2D eigenvalue weighted by molar-refractivity contribution is 5.82. The molecule has 7 heteroatoms. The minimum Gasteiger partial charge on any atom is -0.353 e. The van der Waals surface area contributed by atoms with Gasteiger partial charge in [-0.25, -0.2) is 4.98 Å². The van der Waals surface area contributed by atoms with E-state index in [-0.39, 0.29) is 0 Å². The first kappa shape index (κ1) is 13.8. The fourth-order valence-electron chi connectivity index (χ4n) is 2.14. The molecule has 19 heavy (non-hydrogen) atoms. The second kappa shape index (κ2) is 5.56. The lowest BCUT2D eigenvalue weighted by molar-refractivity contribution is -0.146. The Morgan fingerprint density at radius 2 is 1.95 bits per heavy atom. The Labute approximate surface area is 108 Å². The zero-order chi connectivity index (χ0) is 13.9. The van der Waals surface area contributed by atoms with Gasteiger partial charge in [-0.15, -0.1) is 0 Å². The zero-order valence-corrected chi connectivity index (χ0v) is 10.2. The van der Waals surface area contributed by atoms with Crippen LogP contribution in [-0.2, 0) is 0 Å². The first-order chi connectivity index (χ1) is 8.99. The Morgan fingerprint density at radius 1 is 1.26 bits per heavy atom. The standard InChI is InChI=1S/C12H14F3N3O/c13-12(14,15)9-17-4-6-18(7-5-17)11-10(8-19)2-1-3-16-11/h1-3,8H,4-7,9H2. The summed E-state index contributed by atoms with van der Waals surface area (Å²) in [5.74, 6) is 0.546. The number of pyridine rings is 1. The van der Waals surface area contributed by atoms with Crippen molar-refractivity contribution in [3.63, 3.8) is 0 Å². The predicted molar refractivity (Wildman–Crippen MR) is 64.3 cm³/mol. The van der Waals surface area contributed by atoms with Gasteiger partial charge in [0.2, 0.25) is 0 Å². The van der Waals surface area contributed by atoms with E-state index in [9.17, 15) is 18.0 Å². The number of alkyl halides is 3. The van der Waals surface area contributed by atoms with E-state index in [0.29, 0.717) is 43.8 Å². The van der Waals surface area contributed by atoms with Crippen molar-refractivity contribution in [3.8, 4) is 0 Å². The Kier molecular flexibility index (Phi) is 4.04. The van der Waals surface area contributed by atoms with Gasteiger partial charge in [0.25, 0.3) is 0 Å². The van der Waals surface area contributed by atoms with Crippen molar-refractivity contribution in [1.29, 1.82) is 0 Å². The fraction of sp³-hybridized carbons (Fsp3) is 0.500. The van der Waals surface area contributed by atoms with Crippen LogP contribution in [0.2, 0.25) is 0 Å². The number of hydrogen-bond acceptors (Lipinski definition) is 4. The topological polar surface area (TPSA) is 36.4 Å². The van der Waals surface area contributed by atoms with Crippen molar-refractivity contribution < 1.29 is 18.0 Å². The predicted octanol–water partition coefficient (Wildman–Crippen LogP) is 1.58. The van der Waals surface area contributed by atoms with Crippen LogP contribution < -0.4 is 4.90 Å². The Morgan fingerprint density at radius 3 is 2.53 bits per heavy atom. The number of carbonyl (C=O) groups excluding carboxylic acids is 1. The van der Waals surface area contributed by atoms with Gasteiger partial charge < -0.3 is 4.90 Å². The summed E-state index contributed by atoms with van der Waals surface area (Å²) in [6.07, 6.45) is -1.88. The van der Waals surface area contributed by atoms with E-state index >= 15 is 0 Å². The molecule has 2 heterocycles. The smallest absolute Gasteiger partial charge is 0.353 e. The summed E-state index contributed by atoms with van der Waals surface area (Å²) >= 11 is 0. The minimum absolute atomic E-state index is 0.314. The summed E-state index contributed by atoms with van der Waals surface area (Å²) in [5, 5.41) is 0. The third-order valence-corrected chi connectivity index (χ3v) is 3.02. The molecular weight excluding hydrogens is 259 g/mol. The molecule has 1 aliphatic heterocycles. The summed E-state index contributed by atoms with van der Waals surface area (Å²) in [6.45, 7) is 0.619. The molecule has 0 aromatic carbocycles. The maximum absolute atomic E-state index is 12.3. The number of rotatable bonds is 3. The van der Waals surface area contributed by atoms with Crippen molar-refractivity contribution in [2.24, 2.45) is 0 Å². The number of nitrogens with zero attached hydrogens (tertiary/aromatic N) is 3. The molecule has 4 nitrogen and oxygen atoms in total. The highest BCUT2D eigenvalue weighted by atomic mass is 19.4. The van der Waals surface area contributed by atoms with Crippen molar-refractivity contribution in [3.05, 3.63) is 23.9 Å². The quantitative estimate of drug-likeness (QED) is 0.783. The van der Waals surface area contributed by atoms with E-state index < -0.39 is 12.7 Å². The second-order valence-electron chi connectivity index (χ2n) is 4.41. The molecule has 1 fully saturated rings. The van der Waals surface area contributed by atoms with Gasteiger partial charge in [0.15, 0.2) is 6.29 Å². The zero-order valence-electron chi connectivity index (χ0n) is 10.2. The average Bonchev–Trinajstić information content (AvgIpc) is 2.38. The molecule has 0 amide bonds. The van der Waals surface area contributed by atoms with Crippen LogP contribution in [0.25, 0.3) is 0 Å². The first-order valence-electron chi connectivity index (χ1n) is 5.94. The fourth-order valence-corrected chi connectivity index (χ4v) is 2.14. The maximum atomic E-state index is 12.3. The van der Waals surface area contributed by atoms with Crippen molar-refractivity contribution in [2.45, 2.75) is 6.18 Å². The summed E-state index contributed by atoms with van der Waals surface area (Å²) in [5.41, 5.74) is 0.465. The maximum Gasteiger partial charge on any atom is 0.401 e. The van der Waals surface area contributed by atoms with E-state index in [1.54, 1.807) is 18.3 Å². The molecule has 0 N–H and O–H groups in total. The van der Waals surface area contributed by atoms with Gasteiger partial charge in [-0.2, -0.15) is 13.2 Å². The van der Waals surface area contributed by atoms with Crippen LogP contribution in [-0.4, -0.2) is 55.1 Å². The van der Waals surface area contributed by atoms with E-state index in [4.69, 9.17) is 0 Å². The van der Waals surface area contributed by atoms with Crippen LogP contribution in [0.4, 0.5) is 19.0 Å². The van der Waals surface area contributed by atoms with E-state index in [0.717, 1.165) is 0 Å². The summed E-state index contributed by atoms with van der Waals surface area (Å²) in [6, 6.07) is 3.31. The van der Waals surface area contributed by atoms with Gasteiger partial charge in [-0.05, 0) is 12.1 Å². The van der Waals surface area contributed by atoms with E-state index in [2.05, 4.69) is 4.98 Å². The molecule has 0 atom stereocenters. The monoisotopic (exact) mass is 273 g/mol. The van der Waals surface area contributed by atoms with Gasteiger partial charge in [-0.3, -0.25) is 9.69 Å². The van der Waals surface area contributed by atoms with Crippen LogP contribution in [0.5, 0.6) is 0 Å². The Bertz CT molecular complexity index is 442. The number of aromatic nitrogens is 1. The molecule has 0 radical (unpaired) electrons. The SMILES string of the molecule is O=Cc1cccnc1N1CCN(CC(F)(F)F)CC1. The number of halogens is 3. The van der Waals surface area contributed by atoms with Crippen molar-refractivity contribution >= 4 is 12.1 Å². The molecule has 0 bridgehead atoms. The number of carbonyl (C=O) groups is 1. The molecular formula is C12H14F3N3O. The van der Waals surface area contributed by atoms with Gasteiger partial charge in [-0.1, -0.05) is 0 Å². The van der Waals surface area contributed by atoms with Crippen LogP contribution in [0.1, 0.15) is 10.4 Å². The number of piperazine rings is 1. The molecule has 1 aromatic heterocycles. The number of hydrogen-bond donors (Lipinski definition) is 0. The normalized spacial score (nSPS) is 17.5. The van der Waals surface area contributed by atoms with Gasteiger partial charge in [0, 0.05) is 32.4 Å². The third-order valence-electron chi connectivity index (χ3n) is 3.02. The van der Waals surface area contributed by atoms with Gasteiger partial charge >= 0.3 is 6.18 Å². The Balaban J connectivity index is 1.98. The van der Waals surface area contributed by atoms with Gasteiger partial charge in [0.05, 0.1) is 12.1 Å². The number of aldehydes is 1. The summed E-state index contributed by atoms with van der Waals surface area (Å²) in [4.78, 5) is 18.2. The third kappa shape index (κ3) is 3.66. The molecule has 0 spiro atoms. The van der Waals surface area contributed by atoms with Crippen LogP contribution in [0.15, 0.2) is 18.3 Å². The van der Waals surface area contributed by atoms with E-state index in [1.165, 1.54) is 4.90 Å². The lowest BCUT2D eigenvalue weighted by atomic mass is 10.2. The Hall–Kier alpha value is -1.63. The molecule has 0 saturated carbocycles. The van der Waals surface area contributed by atoms with Crippen LogP contribution in [0, 0.1) is 0 Å². The molecule has 2 rings (SSSR count). The molecule has 104 valence electrons.